The number of hydrogen-bond donors (Lipinski definition) is 2. The van der Waals surface area contributed by atoms with E-state index in [0.717, 1.165) is 11.0 Å². The lowest BCUT2D eigenvalue weighted by Gasteiger charge is -2.09. The highest BCUT2D eigenvalue weighted by Gasteiger charge is 2.27. The van der Waals surface area contributed by atoms with Crippen molar-refractivity contribution in [2.75, 3.05) is 6.61 Å². The Balaban J connectivity index is 1.82. The third-order valence-electron chi connectivity index (χ3n) is 3.50. The first-order valence-electron chi connectivity index (χ1n) is 6.80. The van der Waals surface area contributed by atoms with Crippen molar-refractivity contribution in [1.82, 2.24) is 4.98 Å². The lowest BCUT2D eigenvalue weighted by atomic mass is 9.80. The fourth-order valence-corrected chi connectivity index (χ4v) is 2.37. The maximum Gasteiger partial charge on any atom is 0.491 e. The summed E-state index contributed by atoms with van der Waals surface area (Å²) in [4.78, 5) is 15.7. The smallest absolute Gasteiger partial charge is 0.439 e. The molecule has 0 amide bonds. The van der Waals surface area contributed by atoms with Gasteiger partial charge in [0, 0.05) is 11.6 Å². The van der Waals surface area contributed by atoms with E-state index < -0.39 is 13.7 Å². The molecule has 6 nitrogen and oxygen atoms in total. The first-order valence-corrected chi connectivity index (χ1v) is 6.80. The van der Waals surface area contributed by atoms with Crippen molar-refractivity contribution in [2.45, 2.75) is 13.5 Å². The third kappa shape index (κ3) is 2.74. The second-order valence-corrected chi connectivity index (χ2v) is 4.99. The monoisotopic (exact) mass is 299 g/mol. The van der Waals surface area contributed by atoms with Crippen molar-refractivity contribution in [2.24, 2.45) is 0 Å². The Morgan fingerprint density at radius 3 is 2.95 bits per heavy atom. The zero-order chi connectivity index (χ0) is 15.7. The molecule has 1 aromatic carbocycles. The number of nitrogens with zero attached hydrogens (tertiary/aromatic N) is 1. The van der Waals surface area contributed by atoms with Crippen molar-refractivity contribution in [3.63, 3.8) is 0 Å². The quantitative estimate of drug-likeness (QED) is 0.634. The molecule has 0 radical (unpaired) electrons. The zero-order valence-corrected chi connectivity index (χ0v) is 11.9. The predicted octanol–water partition coefficient (Wildman–Crippen LogP) is 0.575. The number of fused-ring (bicyclic) bond motifs is 1. The van der Waals surface area contributed by atoms with Gasteiger partial charge in [0.15, 0.2) is 5.78 Å². The molecule has 0 unspecified atom stereocenters. The number of carbonyl (C=O) groups excluding carboxylic acids is 1. The van der Waals surface area contributed by atoms with Gasteiger partial charge in [-0.1, -0.05) is 6.07 Å². The summed E-state index contributed by atoms with van der Waals surface area (Å²) in [5.41, 5.74) is 2.48. The number of aliphatic hydroxyl groups excluding tert-OH is 1. The molecule has 0 spiro atoms. The zero-order valence-electron chi connectivity index (χ0n) is 11.9. The molecule has 0 fully saturated rings. The molecule has 2 N–H and O–H groups in total. The van der Waals surface area contributed by atoms with Gasteiger partial charge >= 0.3 is 7.12 Å². The van der Waals surface area contributed by atoms with Crippen LogP contribution in [0.5, 0.6) is 11.6 Å². The molecule has 1 aliphatic heterocycles. The van der Waals surface area contributed by atoms with Gasteiger partial charge in [-0.15, -0.1) is 0 Å². The minimum absolute atomic E-state index is 0.337. The molecule has 0 atom stereocenters. The number of rotatable bonds is 4. The number of pyridine rings is 1. The number of carbonyl (C=O) groups is 1. The van der Waals surface area contributed by atoms with E-state index >= 15 is 0 Å². The van der Waals surface area contributed by atoms with Gasteiger partial charge in [0.05, 0.1) is 12.3 Å². The van der Waals surface area contributed by atoms with Crippen LogP contribution < -0.4 is 10.2 Å². The van der Waals surface area contributed by atoms with Gasteiger partial charge in [-0.2, -0.15) is 0 Å². The van der Waals surface area contributed by atoms with E-state index in [2.05, 4.69) is 4.98 Å². The van der Waals surface area contributed by atoms with Crippen LogP contribution in [-0.4, -0.2) is 34.6 Å². The highest BCUT2D eigenvalue weighted by Crippen LogP contribution is 2.23. The minimum atomic E-state index is -0.881. The molecular formula is C15H14BNO5. The Hall–Kier alpha value is -2.22. The number of Topliss-reactive ketones (excluding diaryl/α,β-unsaturated/α-hetero) is 1. The molecule has 22 heavy (non-hydrogen) atoms. The van der Waals surface area contributed by atoms with E-state index in [0.29, 0.717) is 29.5 Å². The maximum atomic E-state index is 11.5. The summed E-state index contributed by atoms with van der Waals surface area (Å²) >= 11 is 0. The van der Waals surface area contributed by atoms with Gasteiger partial charge < -0.3 is 19.5 Å². The van der Waals surface area contributed by atoms with Crippen molar-refractivity contribution >= 4 is 18.4 Å². The van der Waals surface area contributed by atoms with Crippen LogP contribution in [0.15, 0.2) is 30.3 Å². The number of hydrogen-bond acceptors (Lipinski definition) is 6. The van der Waals surface area contributed by atoms with Crippen LogP contribution in [0.3, 0.4) is 0 Å². The van der Waals surface area contributed by atoms with Gasteiger partial charge in [-0.3, -0.25) is 4.79 Å². The van der Waals surface area contributed by atoms with Gasteiger partial charge in [0.25, 0.3) is 0 Å². The van der Waals surface area contributed by atoms with Crippen LogP contribution in [0.4, 0.5) is 0 Å². The Morgan fingerprint density at radius 2 is 2.23 bits per heavy atom. The van der Waals surface area contributed by atoms with Crippen LogP contribution in [-0.2, 0) is 11.3 Å². The minimum Gasteiger partial charge on any atom is -0.439 e. The molecule has 0 saturated carbocycles. The van der Waals surface area contributed by atoms with E-state index in [1.165, 1.54) is 0 Å². The number of benzene rings is 1. The average molecular weight is 299 g/mol. The second-order valence-electron chi connectivity index (χ2n) is 4.99. The largest absolute Gasteiger partial charge is 0.491 e. The average Bonchev–Trinajstić information content (AvgIpc) is 2.87. The van der Waals surface area contributed by atoms with Crippen molar-refractivity contribution in [1.29, 1.82) is 0 Å². The Kier molecular flexibility index (Phi) is 3.93. The van der Waals surface area contributed by atoms with E-state index in [1.54, 1.807) is 37.3 Å². The first kappa shape index (κ1) is 14.7. The lowest BCUT2D eigenvalue weighted by molar-refractivity contribution is 0.0902. The molecule has 112 valence electrons. The van der Waals surface area contributed by atoms with Gasteiger partial charge in [0.1, 0.15) is 12.4 Å². The molecule has 2 heterocycles. The van der Waals surface area contributed by atoms with Gasteiger partial charge in [0.2, 0.25) is 5.88 Å². The molecule has 7 heteroatoms. The van der Waals surface area contributed by atoms with Crippen LogP contribution in [0.25, 0.3) is 0 Å². The summed E-state index contributed by atoms with van der Waals surface area (Å²) in [7, 11) is -0.881. The SMILES string of the molecule is Cc1nc(Oc2ccc3c(c2)COB3O)ccc1C(=O)CO. The first-order chi connectivity index (χ1) is 10.6. The molecule has 0 saturated heterocycles. The lowest BCUT2D eigenvalue weighted by Crippen LogP contribution is -2.27. The predicted molar refractivity (Wildman–Crippen MR) is 79.3 cm³/mol. The van der Waals surface area contributed by atoms with Crippen molar-refractivity contribution < 1.29 is 24.3 Å². The molecule has 2 aromatic rings. The molecule has 3 rings (SSSR count). The van der Waals surface area contributed by atoms with E-state index in [-0.39, 0.29) is 5.78 Å². The van der Waals surface area contributed by atoms with Gasteiger partial charge in [-0.25, -0.2) is 4.98 Å². The molecule has 1 aromatic heterocycles. The van der Waals surface area contributed by atoms with E-state index in [4.69, 9.17) is 14.5 Å². The summed E-state index contributed by atoms with van der Waals surface area (Å²) in [6.45, 7) is 1.47. The van der Waals surface area contributed by atoms with E-state index in [1.807, 2.05) is 0 Å². The van der Waals surface area contributed by atoms with Crippen molar-refractivity contribution in [3.05, 3.63) is 47.2 Å². The Labute approximate surface area is 127 Å². The standard InChI is InChI=1S/C15H14BNO5/c1-9-12(14(19)7-18)3-5-15(17-9)22-11-2-4-13-10(6-11)8-21-16(13)20/h2-6,18,20H,7-8H2,1H3. The fourth-order valence-electron chi connectivity index (χ4n) is 2.37. The molecule has 0 aliphatic carbocycles. The fraction of sp³-hybridized carbons (Fsp3) is 0.200. The third-order valence-corrected chi connectivity index (χ3v) is 3.50. The van der Waals surface area contributed by atoms with Crippen LogP contribution in [0.1, 0.15) is 21.6 Å². The Morgan fingerprint density at radius 1 is 1.41 bits per heavy atom. The van der Waals surface area contributed by atoms with Crippen LogP contribution >= 0.6 is 0 Å². The van der Waals surface area contributed by atoms with Gasteiger partial charge in [-0.05, 0) is 36.1 Å². The number of ether oxygens (including phenoxy) is 1. The van der Waals surface area contributed by atoms with E-state index in [9.17, 15) is 9.82 Å². The Bertz CT molecular complexity index is 734. The summed E-state index contributed by atoms with van der Waals surface area (Å²) in [6, 6.07) is 8.42. The topological polar surface area (TPSA) is 88.9 Å². The van der Waals surface area contributed by atoms with Crippen molar-refractivity contribution in [3.8, 4) is 11.6 Å². The van der Waals surface area contributed by atoms with Crippen LogP contribution in [0.2, 0.25) is 0 Å². The number of aliphatic hydroxyl groups is 1. The second kappa shape index (κ2) is 5.88. The number of ketones is 1. The molecule has 1 aliphatic rings. The number of aromatic nitrogens is 1. The summed E-state index contributed by atoms with van der Waals surface area (Å²) in [6.07, 6.45) is 0. The molecular weight excluding hydrogens is 285 g/mol. The highest BCUT2D eigenvalue weighted by molar-refractivity contribution is 6.61. The number of aryl methyl sites for hydroxylation is 1. The summed E-state index contributed by atoms with van der Waals surface area (Å²) in [5.74, 6) is 0.552. The normalized spacial score (nSPS) is 13.1. The maximum absolute atomic E-state index is 11.5. The van der Waals surface area contributed by atoms with Crippen LogP contribution in [0, 0.1) is 6.92 Å². The summed E-state index contributed by atoms with van der Waals surface area (Å²) in [5, 5.41) is 18.5. The summed E-state index contributed by atoms with van der Waals surface area (Å²) < 4.78 is 10.8. The highest BCUT2D eigenvalue weighted by atomic mass is 16.5. The molecule has 0 bridgehead atoms.